The highest BCUT2D eigenvalue weighted by Crippen LogP contribution is 2.38. The van der Waals surface area contributed by atoms with Crippen LogP contribution in [0.2, 0.25) is 0 Å². The van der Waals surface area contributed by atoms with Crippen molar-refractivity contribution in [3.8, 4) is 17.0 Å². The van der Waals surface area contributed by atoms with Gasteiger partial charge in [0.05, 0.1) is 38.1 Å². The summed E-state index contributed by atoms with van der Waals surface area (Å²) in [5, 5.41) is 3.53. The third-order valence-electron chi connectivity index (χ3n) is 7.00. The normalized spacial score (nSPS) is 21.7. The van der Waals surface area contributed by atoms with Gasteiger partial charge in [-0.1, -0.05) is 12.1 Å². The van der Waals surface area contributed by atoms with Crippen LogP contribution in [0, 0.1) is 5.82 Å². The van der Waals surface area contributed by atoms with E-state index in [-0.39, 0.29) is 24.1 Å². The number of methoxy groups -OCH3 is 1. The van der Waals surface area contributed by atoms with Crippen molar-refractivity contribution in [1.82, 2.24) is 14.9 Å². The number of ether oxygens (including phenoxy) is 2. The monoisotopic (exact) mass is 475 g/mol. The van der Waals surface area contributed by atoms with Crippen molar-refractivity contribution in [1.29, 1.82) is 0 Å². The fraction of sp³-hybridized carbons (Fsp3) is 0.346. The Bertz CT molecular complexity index is 1270. The molecule has 0 bridgehead atoms. The number of carbonyl (C=O) groups excluding carboxylic acids is 1. The van der Waals surface area contributed by atoms with Crippen LogP contribution in [0.4, 0.5) is 16.0 Å². The number of benzene rings is 1. The van der Waals surface area contributed by atoms with Crippen molar-refractivity contribution in [3.63, 3.8) is 0 Å². The Morgan fingerprint density at radius 3 is 2.94 bits per heavy atom. The van der Waals surface area contributed by atoms with E-state index in [1.807, 2.05) is 18.2 Å². The van der Waals surface area contributed by atoms with Crippen LogP contribution >= 0.6 is 0 Å². The standard InChI is InChI=1S/C26H26FN5O3/c1-34-21-5-2-4-20(27)24(21)25-19-14-32(26(33)18(19)8-9-28-25)23-7-3-6-22(30-23)29-16-12-17-15-35-11-10-31(17)13-16/h2-9,16-17H,10-15H2,1H3,(H,29,30)/t16-,17+/m0/s1. The number of morpholine rings is 1. The van der Waals surface area contributed by atoms with Gasteiger partial charge in [0.1, 0.15) is 23.2 Å². The lowest BCUT2D eigenvalue weighted by atomic mass is 10.0. The maximum Gasteiger partial charge on any atom is 0.260 e. The predicted octanol–water partition coefficient (Wildman–Crippen LogP) is 3.34. The van der Waals surface area contributed by atoms with Crippen molar-refractivity contribution in [3.05, 3.63) is 65.6 Å². The summed E-state index contributed by atoms with van der Waals surface area (Å²) in [6, 6.07) is 12.7. The third kappa shape index (κ3) is 3.90. The zero-order chi connectivity index (χ0) is 23.9. The largest absolute Gasteiger partial charge is 0.496 e. The Labute approximate surface area is 202 Å². The van der Waals surface area contributed by atoms with Crippen LogP contribution in [0.15, 0.2) is 48.7 Å². The molecule has 3 aliphatic heterocycles. The van der Waals surface area contributed by atoms with Crippen molar-refractivity contribution in [2.75, 3.05) is 43.6 Å². The van der Waals surface area contributed by atoms with Gasteiger partial charge in [0.15, 0.2) is 0 Å². The molecule has 9 heteroatoms. The molecule has 2 fully saturated rings. The molecule has 0 unspecified atom stereocenters. The van der Waals surface area contributed by atoms with E-state index in [0.717, 1.165) is 38.5 Å². The van der Waals surface area contributed by atoms with Crippen molar-refractivity contribution in [2.45, 2.75) is 25.0 Å². The van der Waals surface area contributed by atoms with Gasteiger partial charge in [0.25, 0.3) is 5.91 Å². The molecule has 0 saturated carbocycles. The maximum atomic E-state index is 14.8. The lowest BCUT2D eigenvalue weighted by molar-refractivity contribution is 0.0128. The third-order valence-corrected chi connectivity index (χ3v) is 7.00. The average Bonchev–Trinajstić information content (AvgIpc) is 3.44. The molecule has 1 N–H and O–H groups in total. The van der Waals surface area contributed by atoms with E-state index in [1.54, 1.807) is 23.1 Å². The molecular formula is C26H26FN5O3. The van der Waals surface area contributed by atoms with Crippen LogP contribution in [0.3, 0.4) is 0 Å². The SMILES string of the molecule is COc1cccc(F)c1-c1nccc2c1CN(c1cccc(N[C@H]3C[C@@H]4COCCN4C3)n1)C2=O. The van der Waals surface area contributed by atoms with Crippen LogP contribution in [0.25, 0.3) is 11.3 Å². The number of hydrogen-bond donors (Lipinski definition) is 1. The lowest BCUT2D eigenvalue weighted by Gasteiger charge is -2.28. The van der Waals surface area contributed by atoms with Gasteiger partial charge in [0, 0.05) is 42.5 Å². The van der Waals surface area contributed by atoms with Crippen molar-refractivity contribution in [2.24, 2.45) is 0 Å². The first kappa shape index (κ1) is 21.9. The van der Waals surface area contributed by atoms with Gasteiger partial charge in [-0.3, -0.25) is 19.6 Å². The first-order valence-corrected chi connectivity index (χ1v) is 11.8. The fourth-order valence-electron chi connectivity index (χ4n) is 5.33. The molecule has 2 saturated heterocycles. The molecule has 6 rings (SSSR count). The quantitative estimate of drug-likeness (QED) is 0.606. The van der Waals surface area contributed by atoms with E-state index >= 15 is 0 Å². The zero-order valence-corrected chi connectivity index (χ0v) is 19.4. The second-order valence-electron chi connectivity index (χ2n) is 9.08. The number of amides is 1. The summed E-state index contributed by atoms with van der Waals surface area (Å²) in [7, 11) is 1.49. The van der Waals surface area contributed by atoms with Crippen molar-refractivity contribution < 1.29 is 18.7 Å². The highest BCUT2D eigenvalue weighted by molar-refractivity contribution is 6.10. The second-order valence-corrected chi connectivity index (χ2v) is 9.08. The predicted molar refractivity (Wildman–Crippen MR) is 129 cm³/mol. The van der Waals surface area contributed by atoms with Gasteiger partial charge in [-0.15, -0.1) is 0 Å². The maximum absolute atomic E-state index is 14.8. The second kappa shape index (κ2) is 8.90. The number of nitrogens with one attached hydrogen (secondary N) is 1. The molecule has 0 radical (unpaired) electrons. The molecule has 5 heterocycles. The Morgan fingerprint density at radius 1 is 1.20 bits per heavy atom. The van der Waals surface area contributed by atoms with Crippen molar-refractivity contribution >= 4 is 17.5 Å². The Morgan fingerprint density at radius 2 is 2.09 bits per heavy atom. The summed E-state index contributed by atoms with van der Waals surface area (Å²) in [4.78, 5) is 26.6. The highest BCUT2D eigenvalue weighted by Gasteiger charge is 2.35. The molecule has 180 valence electrons. The number of anilines is 2. The van der Waals surface area contributed by atoms with E-state index in [4.69, 9.17) is 14.5 Å². The molecular weight excluding hydrogens is 449 g/mol. The van der Waals surface area contributed by atoms with Crippen LogP contribution in [0.5, 0.6) is 5.75 Å². The molecule has 3 aromatic rings. The van der Waals surface area contributed by atoms with Crippen LogP contribution in [0.1, 0.15) is 22.3 Å². The smallest absolute Gasteiger partial charge is 0.260 e. The van der Waals surface area contributed by atoms with E-state index < -0.39 is 5.82 Å². The Kier molecular flexibility index (Phi) is 5.58. The molecule has 1 amide bonds. The minimum atomic E-state index is -0.446. The number of fused-ring (bicyclic) bond motifs is 2. The Balaban J connectivity index is 1.27. The van der Waals surface area contributed by atoms with Gasteiger partial charge in [0.2, 0.25) is 0 Å². The van der Waals surface area contributed by atoms with Gasteiger partial charge in [-0.25, -0.2) is 9.37 Å². The molecule has 35 heavy (non-hydrogen) atoms. The first-order valence-electron chi connectivity index (χ1n) is 11.8. The van der Waals surface area contributed by atoms with Gasteiger partial charge in [-0.05, 0) is 36.8 Å². The number of hydrogen-bond acceptors (Lipinski definition) is 7. The first-order chi connectivity index (χ1) is 17.1. The summed E-state index contributed by atoms with van der Waals surface area (Å²) in [6.45, 7) is 3.72. The molecule has 0 aliphatic carbocycles. The Hall–Kier alpha value is -3.56. The minimum absolute atomic E-state index is 0.182. The van der Waals surface area contributed by atoms with Gasteiger partial charge < -0.3 is 14.8 Å². The minimum Gasteiger partial charge on any atom is -0.496 e. The number of nitrogens with zero attached hydrogens (tertiary/aromatic N) is 4. The van der Waals surface area contributed by atoms with Gasteiger partial charge >= 0.3 is 0 Å². The summed E-state index contributed by atoms with van der Waals surface area (Å²) in [6.07, 6.45) is 2.53. The van der Waals surface area contributed by atoms with E-state index in [9.17, 15) is 9.18 Å². The summed E-state index contributed by atoms with van der Waals surface area (Å²) in [5.41, 5.74) is 1.82. The molecule has 0 spiro atoms. The van der Waals surface area contributed by atoms with E-state index in [1.165, 1.54) is 19.4 Å². The number of carbonyl (C=O) groups is 1. The fourth-order valence-corrected chi connectivity index (χ4v) is 5.33. The molecule has 2 aromatic heterocycles. The van der Waals surface area contributed by atoms with Gasteiger partial charge in [-0.2, -0.15) is 0 Å². The highest BCUT2D eigenvalue weighted by atomic mass is 19.1. The summed E-state index contributed by atoms with van der Waals surface area (Å²) >= 11 is 0. The zero-order valence-electron chi connectivity index (χ0n) is 19.4. The van der Waals surface area contributed by atoms with Crippen LogP contribution < -0.4 is 15.0 Å². The topological polar surface area (TPSA) is 79.8 Å². The molecule has 8 nitrogen and oxygen atoms in total. The summed E-state index contributed by atoms with van der Waals surface area (Å²) < 4.78 is 25.8. The van der Waals surface area contributed by atoms with E-state index in [0.29, 0.717) is 34.4 Å². The van der Waals surface area contributed by atoms with E-state index in [2.05, 4.69) is 15.2 Å². The average molecular weight is 476 g/mol. The molecule has 3 aliphatic rings. The van der Waals surface area contributed by atoms with Crippen LogP contribution in [-0.4, -0.2) is 66.3 Å². The summed E-state index contributed by atoms with van der Waals surface area (Å²) in [5.74, 6) is 1.02. The molecule has 1 aromatic carbocycles. The lowest BCUT2D eigenvalue weighted by Crippen LogP contribution is -2.40. The molecule has 2 atom stereocenters. The number of pyridine rings is 2. The number of aromatic nitrogens is 2. The van der Waals surface area contributed by atoms with Crippen LogP contribution in [-0.2, 0) is 11.3 Å². The number of rotatable bonds is 5. The number of halogens is 1.